The van der Waals surface area contributed by atoms with E-state index in [-0.39, 0.29) is 5.91 Å². The van der Waals surface area contributed by atoms with Gasteiger partial charge in [0.1, 0.15) is 5.82 Å². The van der Waals surface area contributed by atoms with Crippen LogP contribution in [0.15, 0.2) is 109 Å². The van der Waals surface area contributed by atoms with Crippen LogP contribution < -0.4 is 15.5 Å². The summed E-state index contributed by atoms with van der Waals surface area (Å²) >= 11 is 1.44. The molecular formula is C36H32N6O3S. The largest absolute Gasteiger partial charge is 0.478 e. The third-order valence-electron chi connectivity index (χ3n) is 8.75. The van der Waals surface area contributed by atoms with Gasteiger partial charge in [0.05, 0.1) is 10.2 Å². The zero-order valence-corrected chi connectivity index (χ0v) is 26.2. The molecule has 0 saturated heterocycles. The van der Waals surface area contributed by atoms with E-state index in [9.17, 15) is 14.7 Å². The van der Waals surface area contributed by atoms with Crippen molar-refractivity contribution >= 4 is 49.8 Å². The van der Waals surface area contributed by atoms with Crippen LogP contribution in [0.2, 0.25) is 0 Å². The number of nitrogens with zero attached hydrogens (tertiary/aromatic N) is 4. The summed E-state index contributed by atoms with van der Waals surface area (Å²) < 4.78 is 1.01. The molecule has 10 heteroatoms. The lowest BCUT2D eigenvalue weighted by Crippen LogP contribution is -2.66. The summed E-state index contributed by atoms with van der Waals surface area (Å²) in [6, 6.07) is 24.9. The molecule has 2 aromatic heterocycles. The van der Waals surface area contributed by atoms with Gasteiger partial charge in [-0.25, -0.2) is 9.78 Å². The number of allylic oxidation sites excluding steroid dienone is 2. The summed E-state index contributed by atoms with van der Waals surface area (Å²) in [5.74, 6) is -0.602. The fourth-order valence-corrected chi connectivity index (χ4v) is 7.19. The van der Waals surface area contributed by atoms with Crippen LogP contribution >= 0.6 is 11.3 Å². The van der Waals surface area contributed by atoms with Crippen molar-refractivity contribution in [1.29, 1.82) is 0 Å². The second-order valence-electron chi connectivity index (χ2n) is 11.4. The monoisotopic (exact) mass is 628 g/mol. The number of aromatic nitrogens is 2. The highest BCUT2D eigenvalue weighted by Gasteiger charge is 2.50. The lowest BCUT2D eigenvalue weighted by molar-refractivity contribution is -0.142. The molecule has 2 aliphatic rings. The van der Waals surface area contributed by atoms with Gasteiger partial charge in [-0.1, -0.05) is 53.8 Å². The number of pyridine rings is 1. The van der Waals surface area contributed by atoms with Gasteiger partial charge in [-0.05, 0) is 84.1 Å². The van der Waals surface area contributed by atoms with Crippen molar-refractivity contribution < 1.29 is 14.7 Å². The summed E-state index contributed by atoms with van der Waals surface area (Å²) in [5, 5.41) is 18.1. The first-order chi connectivity index (χ1) is 22.3. The Balaban J connectivity index is 1.24. The van der Waals surface area contributed by atoms with Gasteiger partial charge in [0.15, 0.2) is 5.13 Å². The van der Waals surface area contributed by atoms with Crippen molar-refractivity contribution in [2.75, 3.05) is 23.8 Å². The van der Waals surface area contributed by atoms with Crippen LogP contribution in [-0.4, -0.2) is 51.1 Å². The maximum Gasteiger partial charge on any atom is 0.355 e. The van der Waals surface area contributed by atoms with Crippen molar-refractivity contribution in [3.8, 4) is 0 Å². The average Bonchev–Trinajstić information content (AvgIpc) is 3.50. The molecule has 0 fully saturated rings. The Bertz CT molecular complexity index is 2010. The van der Waals surface area contributed by atoms with E-state index in [1.807, 2.05) is 91.9 Å². The van der Waals surface area contributed by atoms with E-state index < -0.39 is 11.6 Å². The molecule has 0 aliphatic carbocycles. The van der Waals surface area contributed by atoms with E-state index in [0.717, 1.165) is 38.2 Å². The third-order valence-corrected chi connectivity index (χ3v) is 9.70. The van der Waals surface area contributed by atoms with Crippen molar-refractivity contribution in [2.45, 2.75) is 25.6 Å². The first kappa shape index (κ1) is 29.2. The van der Waals surface area contributed by atoms with Crippen LogP contribution in [0.25, 0.3) is 15.8 Å². The second-order valence-corrected chi connectivity index (χ2v) is 12.4. The van der Waals surface area contributed by atoms with Crippen molar-refractivity contribution in [3.05, 3.63) is 137 Å². The van der Waals surface area contributed by atoms with Crippen LogP contribution in [0.3, 0.4) is 0 Å². The topological polar surface area (TPSA) is 111 Å². The zero-order chi connectivity index (χ0) is 31.8. The van der Waals surface area contributed by atoms with E-state index in [1.165, 1.54) is 11.3 Å². The van der Waals surface area contributed by atoms with Gasteiger partial charge in [0, 0.05) is 49.4 Å². The molecule has 1 unspecified atom stereocenters. The van der Waals surface area contributed by atoms with Crippen molar-refractivity contribution in [3.63, 3.8) is 0 Å². The number of benzene rings is 3. The molecule has 0 spiro atoms. The quantitative estimate of drug-likeness (QED) is 0.200. The van der Waals surface area contributed by atoms with Gasteiger partial charge >= 0.3 is 5.97 Å². The molecule has 230 valence electrons. The number of carboxylic acids is 1. The molecule has 2 aliphatic heterocycles. The lowest BCUT2D eigenvalue weighted by atomic mass is 9.86. The van der Waals surface area contributed by atoms with Crippen LogP contribution in [0, 0.1) is 6.92 Å². The van der Waals surface area contributed by atoms with Crippen LogP contribution in [-0.2, 0) is 17.8 Å². The van der Waals surface area contributed by atoms with E-state index in [2.05, 4.69) is 31.6 Å². The minimum atomic E-state index is -1.64. The number of carboxylic acid groups (broad SMARTS) is 1. The number of hydrogen-bond acceptors (Lipinski definition) is 8. The number of carbonyl (C=O) groups is 2. The molecule has 0 radical (unpaired) electrons. The number of rotatable bonds is 7. The fraction of sp³-hybridized carbons (Fsp3) is 0.167. The molecule has 9 nitrogen and oxygen atoms in total. The molecule has 4 heterocycles. The summed E-state index contributed by atoms with van der Waals surface area (Å²) in [4.78, 5) is 39.8. The highest BCUT2D eigenvalue weighted by molar-refractivity contribution is 7.22. The van der Waals surface area contributed by atoms with Gasteiger partial charge in [-0.3, -0.25) is 15.1 Å². The molecule has 5 aromatic rings. The highest BCUT2D eigenvalue weighted by atomic mass is 32.1. The summed E-state index contributed by atoms with van der Waals surface area (Å²) in [6.45, 7) is 3.01. The fourth-order valence-electron chi connectivity index (χ4n) is 6.33. The lowest BCUT2D eigenvalue weighted by Gasteiger charge is -2.47. The number of likely N-dealkylation sites (N-methyl/N-ethyl adjacent to an activating group) is 1. The predicted molar refractivity (Wildman–Crippen MR) is 182 cm³/mol. The Hall–Kier alpha value is -5.48. The molecule has 7 rings (SSSR count). The minimum Gasteiger partial charge on any atom is -0.478 e. The molecule has 1 atom stereocenters. The second kappa shape index (κ2) is 11.8. The number of hydrogen-bond donors (Lipinski definition) is 3. The predicted octanol–water partition coefficient (Wildman–Crippen LogP) is 6.06. The van der Waals surface area contributed by atoms with Crippen molar-refractivity contribution in [2.24, 2.45) is 0 Å². The van der Waals surface area contributed by atoms with E-state index >= 15 is 0 Å². The Labute approximate surface area is 270 Å². The van der Waals surface area contributed by atoms with Crippen LogP contribution in [0.1, 0.15) is 32.6 Å². The van der Waals surface area contributed by atoms with Gasteiger partial charge in [-0.15, -0.1) is 0 Å². The number of fused-ring (bicyclic) bond motifs is 2. The number of carbonyl (C=O) groups excluding carboxylic acids is 1. The Morgan fingerprint density at radius 3 is 2.61 bits per heavy atom. The van der Waals surface area contributed by atoms with E-state index in [1.54, 1.807) is 24.3 Å². The number of nitrogens with one attached hydrogen (secondary N) is 2. The highest BCUT2D eigenvalue weighted by Crippen LogP contribution is 2.39. The van der Waals surface area contributed by atoms with Gasteiger partial charge in [0.2, 0.25) is 5.66 Å². The van der Waals surface area contributed by atoms with Crippen molar-refractivity contribution in [1.82, 2.24) is 20.2 Å². The average molecular weight is 629 g/mol. The number of amides is 1. The summed E-state index contributed by atoms with van der Waals surface area (Å²) in [5.41, 5.74) is 4.80. The number of aliphatic carboxylic acids is 1. The molecular weight excluding hydrogens is 597 g/mol. The number of anilines is 2. The zero-order valence-electron chi connectivity index (χ0n) is 25.4. The van der Waals surface area contributed by atoms with Gasteiger partial charge in [-0.2, -0.15) is 0 Å². The van der Waals surface area contributed by atoms with E-state index in [0.29, 0.717) is 41.6 Å². The number of para-hydroxylation sites is 2. The Kier molecular flexibility index (Phi) is 7.50. The smallest absolute Gasteiger partial charge is 0.355 e. The number of dihydropyridines is 1. The first-order valence-corrected chi connectivity index (χ1v) is 15.8. The standard InChI is InChI=1S/C36H32N6O3S/c1-23-21-37-19-17-26(23)29-15-16-32(40-36(29,34(44)45)41(2)25-10-4-3-5-11-25)42-20-18-24-9-8-12-27(28(24)22-42)33(43)39-35-38-30-13-6-7-14-31(30)46-35/h3-17,19,21,40H,18,20,22H2,1-2H3,(H,44,45)(H,38,39,43). The minimum absolute atomic E-state index is 0.220. The van der Waals surface area contributed by atoms with Gasteiger partial charge < -0.3 is 20.2 Å². The molecule has 46 heavy (non-hydrogen) atoms. The summed E-state index contributed by atoms with van der Waals surface area (Å²) in [6.07, 6.45) is 7.95. The first-order valence-electron chi connectivity index (χ1n) is 15.0. The third kappa shape index (κ3) is 5.06. The van der Waals surface area contributed by atoms with Crippen LogP contribution in [0.5, 0.6) is 0 Å². The molecule has 0 bridgehead atoms. The Morgan fingerprint density at radius 1 is 1.02 bits per heavy atom. The Morgan fingerprint density at radius 2 is 1.83 bits per heavy atom. The normalized spacial score (nSPS) is 17.4. The number of thiazole rings is 1. The SMILES string of the molecule is Cc1cnccc1C1=CC=C(N2CCc3cccc(C(=O)Nc4nc5ccccc5s4)c3C2)NC1(C(=O)O)N(C)c1ccccc1. The molecule has 3 aromatic carbocycles. The summed E-state index contributed by atoms with van der Waals surface area (Å²) in [7, 11) is 1.79. The molecule has 0 saturated carbocycles. The molecule has 3 N–H and O–H groups in total. The maximum atomic E-state index is 13.6. The van der Waals surface area contributed by atoms with E-state index in [4.69, 9.17) is 0 Å². The maximum absolute atomic E-state index is 13.6. The molecule has 1 amide bonds. The van der Waals surface area contributed by atoms with Gasteiger partial charge in [0.25, 0.3) is 5.91 Å². The number of aryl methyl sites for hydroxylation is 1. The van der Waals surface area contributed by atoms with Crippen LogP contribution in [0.4, 0.5) is 10.8 Å².